The van der Waals surface area contributed by atoms with Crippen LogP contribution in [0, 0.1) is 12.3 Å². The molecule has 0 aromatic heterocycles. The van der Waals surface area contributed by atoms with Gasteiger partial charge in [0.05, 0.1) is 12.8 Å². The van der Waals surface area contributed by atoms with Crippen molar-refractivity contribution >= 4 is 21.7 Å². The van der Waals surface area contributed by atoms with Gasteiger partial charge in [0.25, 0.3) is 0 Å². The number of carbonyl (C=O) groups is 2. The zero-order chi connectivity index (χ0) is 13.5. The number of unbranched alkanes of at least 4 members (excludes halogenated alkanes) is 2. The van der Waals surface area contributed by atoms with Crippen LogP contribution < -0.4 is 0 Å². The van der Waals surface area contributed by atoms with Crippen LogP contribution in [0.5, 0.6) is 0 Å². The first-order valence-electron chi connectivity index (χ1n) is 5.22. The molecule has 0 aromatic rings. The summed E-state index contributed by atoms with van der Waals surface area (Å²) in [6.07, 6.45) is 7.79. The maximum absolute atomic E-state index is 11.6. The Bertz CT molecular complexity index is 419. The minimum absolute atomic E-state index is 0.0853. The highest BCUT2D eigenvalue weighted by atomic mass is 32.2. The van der Waals surface area contributed by atoms with E-state index in [1.807, 2.05) is 0 Å². The minimum atomic E-state index is -3.68. The third-order valence-corrected chi connectivity index (χ3v) is 3.14. The zero-order valence-electron chi connectivity index (χ0n) is 10.1. The topological polar surface area (TPSA) is 71.5 Å². The van der Waals surface area contributed by atoms with Crippen molar-refractivity contribution in [3.63, 3.8) is 0 Å². The van der Waals surface area contributed by atoms with Crippen molar-refractivity contribution in [2.24, 2.45) is 0 Å². The Balaban J connectivity index is 4.46. The fraction of sp³-hybridized carbons (Fsp3) is 0.636. The molecule has 0 atom stereocenters. The van der Waals surface area contributed by atoms with Crippen LogP contribution in [0.4, 0.5) is 0 Å². The Morgan fingerprint density at radius 3 is 2.29 bits per heavy atom. The van der Waals surface area contributed by atoms with E-state index in [0.717, 1.165) is 6.26 Å². The van der Waals surface area contributed by atoms with Crippen molar-refractivity contribution in [3.05, 3.63) is 0 Å². The van der Waals surface area contributed by atoms with Gasteiger partial charge in [-0.2, -0.15) is 0 Å². The first-order valence-corrected chi connectivity index (χ1v) is 7.07. The third-order valence-electron chi connectivity index (χ3n) is 2.01. The zero-order valence-corrected chi connectivity index (χ0v) is 10.9. The SMILES string of the molecule is C#CCCCCC(=O)N(CC(C)=O)S(C)(=O)=O. The van der Waals surface area contributed by atoms with E-state index in [1.165, 1.54) is 6.92 Å². The van der Waals surface area contributed by atoms with E-state index >= 15 is 0 Å². The summed E-state index contributed by atoms with van der Waals surface area (Å²) in [6, 6.07) is 0. The first-order chi connectivity index (χ1) is 7.79. The van der Waals surface area contributed by atoms with Crippen molar-refractivity contribution in [3.8, 4) is 12.3 Å². The molecule has 0 radical (unpaired) electrons. The lowest BCUT2D eigenvalue weighted by atomic mass is 10.2. The lowest BCUT2D eigenvalue weighted by Gasteiger charge is -2.18. The van der Waals surface area contributed by atoms with Gasteiger partial charge < -0.3 is 0 Å². The van der Waals surface area contributed by atoms with E-state index in [2.05, 4.69) is 5.92 Å². The Kier molecular flexibility index (Phi) is 6.51. The van der Waals surface area contributed by atoms with Crippen molar-refractivity contribution in [1.82, 2.24) is 4.31 Å². The molecular weight excluding hydrogens is 242 g/mol. The number of sulfonamides is 1. The molecule has 0 unspecified atom stereocenters. The summed E-state index contributed by atoms with van der Waals surface area (Å²) < 4.78 is 23.3. The molecule has 0 bridgehead atoms. The summed E-state index contributed by atoms with van der Waals surface area (Å²) >= 11 is 0. The summed E-state index contributed by atoms with van der Waals surface area (Å²) in [6.45, 7) is 0.844. The van der Waals surface area contributed by atoms with Gasteiger partial charge in [-0.15, -0.1) is 12.3 Å². The van der Waals surface area contributed by atoms with Crippen LogP contribution in [0.25, 0.3) is 0 Å². The molecule has 0 fully saturated rings. The van der Waals surface area contributed by atoms with E-state index in [0.29, 0.717) is 23.6 Å². The molecular formula is C11H17NO4S. The monoisotopic (exact) mass is 259 g/mol. The van der Waals surface area contributed by atoms with Crippen molar-refractivity contribution in [2.45, 2.75) is 32.6 Å². The Hall–Kier alpha value is -1.35. The average molecular weight is 259 g/mol. The highest BCUT2D eigenvalue weighted by Gasteiger charge is 2.23. The van der Waals surface area contributed by atoms with Crippen molar-refractivity contribution in [1.29, 1.82) is 0 Å². The fourth-order valence-electron chi connectivity index (χ4n) is 1.22. The predicted molar refractivity (Wildman–Crippen MR) is 64.5 cm³/mol. The maximum atomic E-state index is 11.6. The highest BCUT2D eigenvalue weighted by Crippen LogP contribution is 2.06. The lowest BCUT2D eigenvalue weighted by molar-refractivity contribution is -0.130. The summed E-state index contributed by atoms with van der Waals surface area (Å²) in [5.74, 6) is 1.51. The Morgan fingerprint density at radius 1 is 1.29 bits per heavy atom. The molecule has 0 aliphatic carbocycles. The molecule has 0 N–H and O–H groups in total. The second-order valence-corrected chi connectivity index (χ2v) is 5.68. The van der Waals surface area contributed by atoms with E-state index in [9.17, 15) is 18.0 Å². The van der Waals surface area contributed by atoms with Crippen LogP contribution in [0.2, 0.25) is 0 Å². The molecule has 0 heterocycles. The Labute approximate surface area is 102 Å². The summed E-state index contributed by atoms with van der Waals surface area (Å²) in [5.41, 5.74) is 0. The molecule has 1 amide bonds. The largest absolute Gasteiger partial charge is 0.298 e. The number of nitrogens with zero attached hydrogens (tertiary/aromatic N) is 1. The van der Waals surface area contributed by atoms with E-state index < -0.39 is 22.5 Å². The molecule has 0 aromatic carbocycles. The second kappa shape index (κ2) is 7.07. The second-order valence-electron chi connectivity index (χ2n) is 3.78. The van der Waals surface area contributed by atoms with Gasteiger partial charge in [0.1, 0.15) is 5.78 Å². The lowest BCUT2D eigenvalue weighted by Crippen LogP contribution is -2.39. The molecule has 17 heavy (non-hydrogen) atoms. The van der Waals surface area contributed by atoms with Gasteiger partial charge in [0.15, 0.2) is 0 Å². The van der Waals surface area contributed by atoms with Crippen molar-refractivity contribution in [2.75, 3.05) is 12.8 Å². The van der Waals surface area contributed by atoms with E-state index in [4.69, 9.17) is 6.42 Å². The number of hydrogen-bond acceptors (Lipinski definition) is 4. The van der Waals surface area contributed by atoms with Crippen LogP contribution in [-0.4, -0.2) is 37.2 Å². The van der Waals surface area contributed by atoms with Gasteiger partial charge in [0, 0.05) is 12.8 Å². The number of terminal acetylenes is 1. The van der Waals surface area contributed by atoms with Gasteiger partial charge in [0.2, 0.25) is 15.9 Å². The van der Waals surface area contributed by atoms with E-state index in [-0.39, 0.29) is 12.2 Å². The predicted octanol–water partition coefficient (Wildman–Crippen LogP) is 0.557. The molecule has 0 saturated heterocycles. The van der Waals surface area contributed by atoms with Gasteiger partial charge in [-0.05, 0) is 19.8 Å². The highest BCUT2D eigenvalue weighted by molar-refractivity contribution is 7.88. The van der Waals surface area contributed by atoms with Gasteiger partial charge in [-0.1, -0.05) is 0 Å². The van der Waals surface area contributed by atoms with Crippen LogP contribution in [-0.2, 0) is 19.6 Å². The number of hydrogen-bond donors (Lipinski definition) is 0. The maximum Gasteiger partial charge on any atom is 0.236 e. The molecule has 0 rings (SSSR count). The number of amides is 1. The van der Waals surface area contributed by atoms with E-state index in [1.54, 1.807) is 0 Å². The fourth-order valence-corrected chi connectivity index (χ4v) is 2.10. The minimum Gasteiger partial charge on any atom is -0.298 e. The molecule has 0 aliphatic heterocycles. The summed E-state index contributed by atoms with van der Waals surface area (Å²) in [5, 5.41) is 0. The molecule has 5 nitrogen and oxygen atoms in total. The van der Waals surface area contributed by atoms with Gasteiger partial charge >= 0.3 is 0 Å². The number of rotatable bonds is 7. The number of carbonyl (C=O) groups excluding carboxylic acids is 2. The van der Waals surface area contributed by atoms with Crippen LogP contribution in [0.3, 0.4) is 0 Å². The summed E-state index contributed by atoms with van der Waals surface area (Å²) in [7, 11) is -3.68. The smallest absolute Gasteiger partial charge is 0.236 e. The first kappa shape index (κ1) is 15.7. The Morgan fingerprint density at radius 2 is 1.88 bits per heavy atom. The molecule has 0 saturated carbocycles. The molecule has 6 heteroatoms. The van der Waals surface area contributed by atoms with Gasteiger partial charge in [-0.3, -0.25) is 9.59 Å². The van der Waals surface area contributed by atoms with Crippen LogP contribution in [0.1, 0.15) is 32.6 Å². The third kappa shape index (κ3) is 6.74. The number of Topliss-reactive ketones (excluding diaryl/α,β-unsaturated/α-hetero) is 1. The normalized spacial score (nSPS) is 10.6. The van der Waals surface area contributed by atoms with Crippen molar-refractivity contribution < 1.29 is 18.0 Å². The molecule has 96 valence electrons. The molecule has 0 spiro atoms. The molecule has 0 aliphatic rings. The average Bonchev–Trinajstić information content (AvgIpc) is 2.19. The number of ketones is 1. The van der Waals surface area contributed by atoms with Crippen LogP contribution >= 0.6 is 0 Å². The standard InChI is InChI=1S/C11H17NO4S/c1-4-5-6-7-8-11(14)12(9-10(2)13)17(3,15)16/h1H,5-9H2,2-3H3. The quantitative estimate of drug-likeness (QED) is 0.494. The van der Waals surface area contributed by atoms with Crippen LogP contribution in [0.15, 0.2) is 0 Å². The van der Waals surface area contributed by atoms with Gasteiger partial charge in [-0.25, -0.2) is 12.7 Å². The summed E-state index contributed by atoms with van der Waals surface area (Å²) in [4.78, 5) is 22.5.